The molecule has 3 aromatic rings. The lowest BCUT2D eigenvalue weighted by molar-refractivity contribution is 0.411. The van der Waals surface area contributed by atoms with Crippen LogP contribution >= 0.6 is 11.6 Å². The molecular formula is C20H19ClN4O. The molecule has 3 N–H and O–H groups in total. The minimum Gasteiger partial charge on any atom is -0.509 e. The number of aliphatic hydroxyl groups is 1. The van der Waals surface area contributed by atoms with Crippen molar-refractivity contribution in [3.8, 4) is 0 Å². The van der Waals surface area contributed by atoms with Gasteiger partial charge in [-0.2, -0.15) is 0 Å². The highest BCUT2D eigenvalue weighted by Gasteiger charge is 2.32. The summed E-state index contributed by atoms with van der Waals surface area (Å²) in [5.74, 6) is 0.844. The van der Waals surface area contributed by atoms with E-state index in [1.54, 1.807) is 4.90 Å². The Labute approximate surface area is 156 Å². The first-order valence-electron chi connectivity index (χ1n) is 8.38. The van der Waals surface area contributed by atoms with Gasteiger partial charge in [-0.15, -0.1) is 0 Å². The zero-order valence-electron chi connectivity index (χ0n) is 14.8. The zero-order chi connectivity index (χ0) is 18.6. The van der Waals surface area contributed by atoms with Crippen molar-refractivity contribution < 1.29 is 5.11 Å². The first-order chi connectivity index (χ1) is 12.4. The summed E-state index contributed by atoms with van der Waals surface area (Å²) in [4.78, 5) is 9.59. The van der Waals surface area contributed by atoms with Crippen molar-refractivity contribution in [3.63, 3.8) is 0 Å². The second-order valence-electron chi connectivity index (χ2n) is 6.68. The number of aliphatic hydroxyl groups excluding tert-OH is 1. The number of hydrogen-bond acceptors (Lipinski definition) is 3. The van der Waals surface area contributed by atoms with Crippen LogP contribution in [0.1, 0.15) is 22.5 Å². The predicted octanol–water partition coefficient (Wildman–Crippen LogP) is 4.91. The number of nitrogens with zero attached hydrogens (tertiary/aromatic N) is 2. The van der Waals surface area contributed by atoms with Crippen molar-refractivity contribution in [1.82, 2.24) is 9.97 Å². The molecule has 0 radical (unpaired) electrons. The summed E-state index contributed by atoms with van der Waals surface area (Å²) < 4.78 is 0. The van der Waals surface area contributed by atoms with E-state index in [0.717, 1.165) is 27.8 Å². The molecule has 132 valence electrons. The number of aryl methyl sites for hydroxylation is 2. The second kappa shape index (κ2) is 5.88. The van der Waals surface area contributed by atoms with Gasteiger partial charge in [0.15, 0.2) is 0 Å². The number of aromatic amines is 1. The normalized spacial score (nSPS) is 14.8. The maximum atomic E-state index is 10.5. The molecule has 0 aliphatic carbocycles. The number of anilines is 1. The Kier molecular flexibility index (Phi) is 3.77. The van der Waals surface area contributed by atoms with E-state index in [4.69, 9.17) is 17.0 Å². The van der Waals surface area contributed by atoms with E-state index >= 15 is 0 Å². The van der Waals surface area contributed by atoms with Gasteiger partial charge in [-0.05, 0) is 61.7 Å². The van der Waals surface area contributed by atoms with Gasteiger partial charge in [0.1, 0.15) is 17.4 Å². The number of H-pyrrole nitrogens is 1. The van der Waals surface area contributed by atoms with Crippen molar-refractivity contribution >= 4 is 39.7 Å². The molecule has 0 saturated heterocycles. The third-order valence-corrected chi connectivity index (χ3v) is 5.38. The summed E-state index contributed by atoms with van der Waals surface area (Å²) in [6.45, 7) is 6.23. The largest absolute Gasteiger partial charge is 0.509 e. The van der Waals surface area contributed by atoms with Crippen LogP contribution in [-0.4, -0.2) is 27.5 Å². The Balaban J connectivity index is 1.77. The lowest BCUT2D eigenvalue weighted by Gasteiger charge is -2.21. The lowest BCUT2D eigenvalue weighted by atomic mass is 10.1. The Morgan fingerprint density at radius 1 is 1.19 bits per heavy atom. The molecule has 0 spiro atoms. The van der Waals surface area contributed by atoms with E-state index in [1.807, 2.05) is 51.1 Å². The van der Waals surface area contributed by atoms with Crippen LogP contribution in [-0.2, 0) is 0 Å². The Morgan fingerprint density at radius 3 is 2.69 bits per heavy atom. The molecule has 0 saturated carbocycles. The van der Waals surface area contributed by atoms with Gasteiger partial charge in [-0.1, -0.05) is 17.7 Å². The van der Waals surface area contributed by atoms with Crippen molar-refractivity contribution in [3.05, 3.63) is 63.6 Å². The molecule has 4 rings (SSSR count). The minimum atomic E-state index is 0.127. The fourth-order valence-corrected chi connectivity index (χ4v) is 3.48. The highest BCUT2D eigenvalue weighted by molar-refractivity contribution is 6.33. The molecule has 2 aromatic carbocycles. The van der Waals surface area contributed by atoms with Gasteiger partial charge >= 0.3 is 0 Å². The molecule has 1 aromatic heterocycles. The average Bonchev–Trinajstić information content (AvgIpc) is 3.10. The molecule has 1 aliphatic heterocycles. The molecule has 0 unspecified atom stereocenters. The molecule has 2 heterocycles. The summed E-state index contributed by atoms with van der Waals surface area (Å²) in [5.41, 5.74) is 6.17. The summed E-state index contributed by atoms with van der Waals surface area (Å²) in [7, 11) is 0. The van der Waals surface area contributed by atoms with Crippen LogP contribution in [0.4, 0.5) is 5.69 Å². The third kappa shape index (κ3) is 2.47. The van der Waals surface area contributed by atoms with Crippen molar-refractivity contribution in [2.45, 2.75) is 20.8 Å². The highest BCUT2D eigenvalue weighted by Crippen LogP contribution is 2.34. The van der Waals surface area contributed by atoms with E-state index in [2.05, 4.69) is 9.97 Å². The Morgan fingerprint density at radius 2 is 1.92 bits per heavy atom. The fourth-order valence-electron chi connectivity index (χ4n) is 3.31. The number of benzene rings is 2. The molecular weight excluding hydrogens is 348 g/mol. The van der Waals surface area contributed by atoms with Gasteiger partial charge in [0.25, 0.3) is 0 Å². The number of nitrogens with one attached hydrogen (secondary N) is 2. The number of amidine groups is 1. The maximum Gasteiger partial charge on any atom is 0.145 e. The monoisotopic (exact) mass is 366 g/mol. The molecule has 0 amide bonds. The van der Waals surface area contributed by atoms with Crippen LogP contribution in [0.3, 0.4) is 0 Å². The van der Waals surface area contributed by atoms with E-state index in [9.17, 15) is 5.11 Å². The lowest BCUT2D eigenvalue weighted by Crippen LogP contribution is -2.27. The molecule has 0 fully saturated rings. The van der Waals surface area contributed by atoms with E-state index in [0.29, 0.717) is 16.4 Å². The average molecular weight is 367 g/mol. The highest BCUT2D eigenvalue weighted by atomic mass is 35.5. The first-order valence-corrected chi connectivity index (χ1v) is 8.75. The number of rotatable bonds is 2. The number of aromatic nitrogens is 2. The van der Waals surface area contributed by atoms with Crippen LogP contribution in [0.5, 0.6) is 0 Å². The fraction of sp³-hybridized carbons (Fsp3) is 0.200. The number of hydrogen-bond donors (Lipinski definition) is 3. The second-order valence-corrected chi connectivity index (χ2v) is 7.09. The van der Waals surface area contributed by atoms with Crippen LogP contribution in [0.15, 0.2) is 36.1 Å². The van der Waals surface area contributed by atoms with Crippen molar-refractivity contribution in [1.29, 1.82) is 5.41 Å². The smallest absolute Gasteiger partial charge is 0.145 e. The number of imidazole rings is 1. The van der Waals surface area contributed by atoms with Crippen LogP contribution in [0, 0.1) is 26.2 Å². The molecule has 0 atom stereocenters. The third-order valence-electron chi connectivity index (χ3n) is 4.97. The molecule has 0 bridgehead atoms. The Bertz CT molecular complexity index is 1060. The van der Waals surface area contributed by atoms with Gasteiger partial charge in [0, 0.05) is 10.7 Å². The molecule has 26 heavy (non-hydrogen) atoms. The SMILES string of the molecule is Cc1cc2nc(C3=C(O)CN(c4cccc(Cl)c4C)C3=N)[nH]c2cc1C. The van der Waals surface area contributed by atoms with Gasteiger partial charge in [-0.3, -0.25) is 5.41 Å². The summed E-state index contributed by atoms with van der Waals surface area (Å²) in [6.07, 6.45) is 0. The topological polar surface area (TPSA) is 76.0 Å². The molecule has 6 heteroatoms. The standard InChI is InChI=1S/C20H19ClN4O/c1-10-7-14-15(8-11(10)2)24-20(23-14)18-17(26)9-25(19(18)22)16-6-4-5-13(21)12(16)3/h4-8,22,26H,9H2,1-3H3,(H,23,24). The summed E-state index contributed by atoms with van der Waals surface area (Å²) in [6, 6.07) is 9.62. The summed E-state index contributed by atoms with van der Waals surface area (Å²) in [5, 5.41) is 19.8. The van der Waals surface area contributed by atoms with Crippen LogP contribution < -0.4 is 4.90 Å². The maximum absolute atomic E-state index is 10.5. The summed E-state index contributed by atoms with van der Waals surface area (Å²) >= 11 is 6.22. The van der Waals surface area contributed by atoms with Crippen molar-refractivity contribution in [2.24, 2.45) is 0 Å². The number of halogens is 1. The quantitative estimate of drug-likeness (QED) is 0.603. The van der Waals surface area contributed by atoms with Gasteiger partial charge in [-0.25, -0.2) is 4.98 Å². The Hall–Kier alpha value is -2.79. The van der Waals surface area contributed by atoms with Gasteiger partial charge in [0.2, 0.25) is 0 Å². The van der Waals surface area contributed by atoms with E-state index in [1.165, 1.54) is 5.56 Å². The van der Waals surface area contributed by atoms with Gasteiger partial charge in [0.05, 0.1) is 23.2 Å². The minimum absolute atomic E-state index is 0.127. The molecule has 5 nitrogen and oxygen atoms in total. The van der Waals surface area contributed by atoms with Gasteiger partial charge < -0.3 is 15.0 Å². The first kappa shape index (κ1) is 16.7. The van der Waals surface area contributed by atoms with Crippen LogP contribution in [0.2, 0.25) is 5.02 Å². The molecule has 1 aliphatic rings. The predicted molar refractivity (Wildman–Crippen MR) is 106 cm³/mol. The van der Waals surface area contributed by atoms with Crippen molar-refractivity contribution in [2.75, 3.05) is 11.4 Å². The zero-order valence-corrected chi connectivity index (χ0v) is 15.6. The van der Waals surface area contributed by atoms with Crippen LogP contribution in [0.25, 0.3) is 16.6 Å². The van der Waals surface area contributed by atoms with E-state index in [-0.39, 0.29) is 18.1 Å². The van der Waals surface area contributed by atoms with E-state index < -0.39 is 0 Å². The number of fused-ring (bicyclic) bond motifs is 1.